The predicted octanol–water partition coefficient (Wildman–Crippen LogP) is 2.23. The van der Waals surface area contributed by atoms with Crippen molar-refractivity contribution in [2.75, 3.05) is 6.54 Å². The van der Waals surface area contributed by atoms with Gasteiger partial charge in [-0.3, -0.25) is 0 Å². The van der Waals surface area contributed by atoms with Gasteiger partial charge in [-0.1, -0.05) is 6.42 Å². The molecule has 92 valence electrons. The van der Waals surface area contributed by atoms with E-state index in [0.29, 0.717) is 17.9 Å². The normalized spacial score (nSPS) is 28.2. The first-order valence-electron chi connectivity index (χ1n) is 6.55. The molecule has 1 saturated heterocycles. The Labute approximate surface area is 102 Å². The number of aryl methyl sites for hydroxylation is 1. The van der Waals surface area contributed by atoms with Crippen LogP contribution in [0.1, 0.15) is 31.2 Å². The van der Waals surface area contributed by atoms with Crippen LogP contribution in [-0.4, -0.2) is 23.8 Å². The summed E-state index contributed by atoms with van der Waals surface area (Å²) in [5, 5.41) is 13.0. The monoisotopic (exact) mass is 233 g/mol. The van der Waals surface area contributed by atoms with E-state index < -0.39 is 0 Å². The zero-order chi connectivity index (χ0) is 11.7. The quantitative estimate of drug-likeness (QED) is 0.781. The molecular formula is C14H19NO2. The van der Waals surface area contributed by atoms with E-state index in [4.69, 9.17) is 4.74 Å². The number of hydrogen-bond donors (Lipinski definition) is 2. The van der Waals surface area contributed by atoms with Crippen LogP contribution < -0.4 is 10.1 Å². The Morgan fingerprint density at radius 1 is 1.24 bits per heavy atom. The Bertz CT molecular complexity index is 399. The molecule has 1 fully saturated rings. The number of hydrogen-bond acceptors (Lipinski definition) is 3. The zero-order valence-corrected chi connectivity index (χ0v) is 9.98. The van der Waals surface area contributed by atoms with Crippen LogP contribution >= 0.6 is 0 Å². The summed E-state index contributed by atoms with van der Waals surface area (Å²) in [5.74, 6) is 1.29. The summed E-state index contributed by atoms with van der Waals surface area (Å²) in [7, 11) is 0. The van der Waals surface area contributed by atoms with E-state index in [1.807, 2.05) is 12.1 Å². The Balaban J connectivity index is 1.73. The van der Waals surface area contributed by atoms with E-state index in [0.717, 1.165) is 30.7 Å². The second kappa shape index (κ2) is 4.57. The van der Waals surface area contributed by atoms with Crippen LogP contribution in [0.5, 0.6) is 11.5 Å². The van der Waals surface area contributed by atoms with Crippen LogP contribution in [0.25, 0.3) is 0 Å². The molecule has 0 aliphatic carbocycles. The highest BCUT2D eigenvalue weighted by atomic mass is 16.5. The van der Waals surface area contributed by atoms with Crippen LogP contribution in [0.2, 0.25) is 0 Å². The van der Waals surface area contributed by atoms with Crippen LogP contribution in [0.3, 0.4) is 0 Å². The maximum absolute atomic E-state index is 9.43. The van der Waals surface area contributed by atoms with E-state index >= 15 is 0 Å². The fraction of sp³-hybridized carbons (Fsp3) is 0.571. The smallest absolute Gasteiger partial charge is 0.123 e. The minimum absolute atomic E-state index is 0.298. The molecule has 2 heterocycles. The molecule has 2 aliphatic rings. The lowest BCUT2D eigenvalue weighted by Crippen LogP contribution is -2.47. The first kappa shape index (κ1) is 10.9. The number of fused-ring (bicyclic) bond motifs is 1. The maximum atomic E-state index is 9.43. The summed E-state index contributed by atoms with van der Waals surface area (Å²) in [6, 6.07) is 5.92. The van der Waals surface area contributed by atoms with Gasteiger partial charge in [0.25, 0.3) is 0 Å². The van der Waals surface area contributed by atoms with E-state index in [-0.39, 0.29) is 0 Å². The van der Waals surface area contributed by atoms with Crippen molar-refractivity contribution in [2.24, 2.45) is 0 Å². The van der Waals surface area contributed by atoms with Gasteiger partial charge in [0.15, 0.2) is 0 Å². The summed E-state index contributed by atoms with van der Waals surface area (Å²) < 4.78 is 6.05. The van der Waals surface area contributed by atoms with Crippen molar-refractivity contribution in [1.82, 2.24) is 5.32 Å². The molecule has 1 aromatic rings. The maximum Gasteiger partial charge on any atom is 0.123 e. The third kappa shape index (κ3) is 2.25. The van der Waals surface area contributed by atoms with Crippen molar-refractivity contribution in [3.8, 4) is 11.5 Å². The van der Waals surface area contributed by atoms with Gasteiger partial charge < -0.3 is 15.2 Å². The van der Waals surface area contributed by atoms with Gasteiger partial charge in [-0.15, -0.1) is 0 Å². The van der Waals surface area contributed by atoms with Gasteiger partial charge in [0.05, 0.1) is 0 Å². The average molecular weight is 233 g/mol. The average Bonchev–Trinajstić information content (AvgIpc) is 2.39. The van der Waals surface area contributed by atoms with E-state index in [1.54, 1.807) is 6.07 Å². The molecule has 3 rings (SSSR count). The molecule has 17 heavy (non-hydrogen) atoms. The number of phenolic OH excluding ortho intramolecular Hbond substituents is 1. The van der Waals surface area contributed by atoms with Crippen LogP contribution in [0, 0.1) is 0 Å². The highest BCUT2D eigenvalue weighted by Gasteiger charge is 2.28. The molecular weight excluding hydrogens is 214 g/mol. The number of nitrogens with one attached hydrogen (secondary N) is 1. The van der Waals surface area contributed by atoms with Crippen LogP contribution in [0.15, 0.2) is 18.2 Å². The third-order valence-electron chi connectivity index (χ3n) is 3.82. The largest absolute Gasteiger partial charge is 0.508 e. The second-order valence-electron chi connectivity index (χ2n) is 5.04. The van der Waals surface area contributed by atoms with Crippen molar-refractivity contribution in [1.29, 1.82) is 0 Å². The topological polar surface area (TPSA) is 41.5 Å². The van der Waals surface area contributed by atoms with Gasteiger partial charge in [0.2, 0.25) is 0 Å². The number of phenols is 1. The van der Waals surface area contributed by atoms with Crippen molar-refractivity contribution in [3.63, 3.8) is 0 Å². The fourth-order valence-electron chi connectivity index (χ4n) is 2.88. The van der Waals surface area contributed by atoms with Gasteiger partial charge in [-0.05, 0) is 56.0 Å². The Morgan fingerprint density at radius 2 is 2.18 bits per heavy atom. The van der Waals surface area contributed by atoms with Gasteiger partial charge in [0, 0.05) is 6.04 Å². The lowest BCUT2D eigenvalue weighted by Gasteiger charge is -2.35. The number of aromatic hydroxyl groups is 1. The van der Waals surface area contributed by atoms with Gasteiger partial charge in [-0.2, -0.15) is 0 Å². The third-order valence-corrected chi connectivity index (χ3v) is 3.82. The minimum atomic E-state index is 0.298. The second-order valence-corrected chi connectivity index (χ2v) is 5.04. The highest BCUT2D eigenvalue weighted by Crippen LogP contribution is 2.32. The lowest BCUT2D eigenvalue weighted by atomic mass is 9.93. The first-order chi connectivity index (χ1) is 8.33. The molecule has 0 amide bonds. The molecule has 0 spiro atoms. The fourth-order valence-corrected chi connectivity index (χ4v) is 2.88. The lowest BCUT2D eigenvalue weighted by molar-refractivity contribution is 0.115. The number of rotatable bonds is 1. The Morgan fingerprint density at radius 3 is 3.00 bits per heavy atom. The number of benzene rings is 1. The molecule has 2 aliphatic heterocycles. The Kier molecular flexibility index (Phi) is 2.93. The van der Waals surface area contributed by atoms with Gasteiger partial charge >= 0.3 is 0 Å². The van der Waals surface area contributed by atoms with E-state index in [9.17, 15) is 5.11 Å². The van der Waals surface area contributed by atoms with E-state index in [1.165, 1.54) is 19.3 Å². The number of ether oxygens (including phenoxy) is 1. The Hall–Kier alpha value is -1.22. The summed E-state index contributed by atoms with van der Waals surface area (Å²) in [5.41, 5.74) is 1.14. The molecule has 0 saturated carbocycles. The van der Waals surface area contributed by atoms with Crippen LogP contribution in [-0.2, 0) is 6.42 Å². The summed E-state index contributed by atoms with van der Waals surface area (Å²) in [6.07, 6.45) is 6.17. The SMILES string of the molecule is Oc1ccc2c(c1)CCC(C1CCCCN1)O2. The van der Waals surface area contributed by atoms with Crippen molar-refractivity contribution in [2.45, 2.75) is 44.2 Å². The minimum Gasteiger partial charge on any atom is -0.508 e. The van der Waals surface area contributed by atoms with Crippen molar-refractivity contribution < 1.29 is 9.84 Å². The molecule has 2 atom stereocenters. The standard InChI is InChI=1S/C14H19NO2/c16-11-5-7-13-10(9-11)4-6-14(17-13)12-3-1-2-8-15-12/h5,7,9,12,14-16H,1-4,6,8H2. The zero-order valence-electron chi connectivity index (χ0n) is 9.98. The molecule has 2 N–H and O–H groups in total. The summed E-state index contributed by atoms with van der Waals surface area (Å²) >= 11 is 0. The first-order valence-corrected chi connectivity index (χ1v) is 6.55. The summed E-state index contributed by atoms with van der Waals surface area (Å²) in [4.78, 5) is 0. The molecule has 2 unspecified atom stereocenters. The van der Waals surface area contributed by atoms with Gasteiger partial charge in [-0.25, -0.2) is 0 Å². The molecule has 3 nitrogen and oxygen atoms in total. The molecule has 0 aromatic heterocycles. The van der Waals surface area contributed by atoms with Crippen molar-refractivity contribution in [3.05, 3.63) is 23.8 Å². The van der Waals surface area contributed by atoms with Crippen LogP contribution in [0.4, 0.5) is 0 Å². The molecule has 0 radical (unpaired) electrons. The molecule has 0 bridgehead atoms. The summed E-state index contributed by atoms with van der Waals surface area (Å²) in [6.45, 7) is 1.12. The highest BCUT2D eigenvalue weighted by molar-refractivity contribution is 5.41. The van der Waals surface area contributed by atoms with Crippen molar-refractivity contribution >= 4 is 0 Å². The molecule has 3 heteroatoms. The predicted molar refractivity (Wildman–Crippen MR) is 66.5 cm³/mol. The number of piperidine rings is 1. The molecule has 1 aromatic carbocycles. The van der Waals surface area contributed by atoms with E-state index in [2.05, 4.69) is 5.32 Å². The van der Waals surface area contributed by atoms with Gasteiger partial charge in [0.1, 0.15) is 17.6 Å².